The topological polar surface area (TPSA) is 55.8 Å². The molecular formula is C16H19NO4. The van der Waals surface area contributed by atoms with E-state index in [0.717, 1.165) is 5.56 Å². The summed E-state index contributed by atoms with van der Waals surface area (Å²) < 4.78 is 10.7. The molecule has 2 saturated heterocycles. The van der Waals surface area contributed by atoms with E-state index in [-0.39, 0.29) is 12.4 Å². The van der Waals surface area contributed by atoms with Crippen molar-refractivity contribution in [3.8, 4) is 0 Å². The lowest BCUT2D eigenvalue weighted by molar-refractivity contribution is -0.129. The zero-order valence-corrected chi connectivity index (χ0v) is 11.9. The lowest BCUT2D eigenvalue weighted by atomic mass is 9.86. The van der Waals surface area contributed by atoms with Crippen LogP contribution >= 0.6 is 0 Å². The van der Waals surface area contributed by atoms with E-state index in [4.69, 9.17) is 9.47 Å². The first-order valence-corrected chi connectivity index (χ1v) is 7.32. The molecule has 0 unspecified atom stereocenters. The molecule has 0 bridgehead atoms. The van der Waals surface area contributed by atoms with Gasteiger partial charge in [0.1, 0.15) is 12.1 Å². The third-order valence-electron chi connectivity index (χ3n) is 4.34. The van der Waals surface area contributed by atoms with Gasteiger partial charge in [-0.1, -0.05) is 30.3 Å². The van der Waals surface area contributed by atoms with E-state index < -0.39 is 11.6 Å². The minimum atomic E-state index is -0.688. The van der Waals surface area contributed by atoms with Crippen molar-refractivity contribution in [3.05, 3.63) is 35.9 Å². The van der Waals surface area contributed by atoms with Crippen LogP contribution in [0, 0.1) is 0 Å². The van der Waals surface area contributed by atoms with Crippen LogP contribution in [-0.4, -0.2) is 42.1 Å². The van der Waals surface area contributed by atoms with E-state index in [0.29, 0.717) is 39.0 Å². The fourth-order valence-electron chi connectivity index (χ4n) is 3.13. The molecule has 2 fully saturated rings. The third kappa shape index (κ3) is 2.65. The monoisotopic (exact) mass is 289 g/mol. The average molecular weight is 289 g/mol. The molecule has 0 aromatic heterocycles. The molecule has 1 aromatic rings. The van der Waals surface area contributed by atoms with E-state index in [1.54, 1.807) is 4.90 Å². The first kappa shape index (κ1) is 14.1. The van der Waals surface area contributed by atoms with Crippen molar-refractivity contribution in [1.82, 2.24) is 4.90 Å². The highest BCUT2D eigenvalue weighted by molar-refractivity contribution is 5.94. The second-order valence-electron chi connectivity index (χ2n) is 5.51. The summed E-state index contributed by atoms with van der Waals surface area (Å²) in [4.78, 5) is 26.2. The number of benzene rings is 1. The summed E-state index contributed by atoms with van der Waals surface area (Å²) in [5, 5.41) is 0. The van der Waals surface area contributed by atoms with Crippen LogP contribution in [0.15, 0.2) is 30.3 Å². The lowest BCUT2D eigenvalue weighted by Gasteiger charge is -2.38. The van der Waals surface area contributed by atoms with Gasteiger partial charge in [0.05, 0.1) is 0 Å². The van der Waals surface area contributed by atoms with Gasteiger partial charge in [0.25, 0.3) is 0 Å². The largest absolute Gasteiger partial charge is 0.445 e. The Morgan fingerprint density at radius 3 is 2.67 bits per heavy atom. The number of ketones is 1. The highest BCUT2D eigenvalue weighted by Crippen LogP contribution is 2.35. The molecule has 21 heavy (non-hydrogen) atoms. The molecular weight excluding hydrogens is 270 g/mol. The number of carbonyl (C=O) groups excluding carboxylic acids is 2. The summed E-state index contributed by atoms with van der Waals surface area (Å²) in [5.74, 6) is 0.141. The number of ether oxygens (including phenoxy) is 2. The second-order valence-corrected chi connectivity index (χ2v) is 5.51. The van der Waals surface area contributed by atoms with Crippen LogP contribution in [0.2, 0.25) is 0 Å². The van der Waals surface area contributed by atoms with Crippen molar-refractivity contribution in [2.45, 2.75) is 31.4 Å². The number of amides is 1. The van der Waals surface area contributed by atoms with Crippen LogP contribution in [0.1, 0.15) is 24.8 Å². The van der Waals surface area contributed by atoms with E-state index >= 15 is 0 Å². The molecule has 5 heteroatoms. The summed E-state index contributed by atoms with van der Waals surface area (Å²) in [6.45, 7) is 1.73. The number of likely N-dealkylation sites (tertiary alicyclic amines) is 1. The van der Waals surface area contributed by atoms with Gasteiger partial charge in [0.2, 0.25) is 0 Å². The summed E-state index contributed by atoms with van der Waals surface area (Å²) in [6, 6.07) is 9.55. The van der Waals surface area contributed by atoms with Crippen LogP contribution in [0.25, 0.3) is 0 Å². The molecule has 0 N–H and O–H groups in total. The molecule has 1 spiro atoms. The minimum absolute atomic E-state index is 0.141. The van der Waals surface area contributed by atoms with Crippen molar-refractivity contribution in [3.63, 3.8) is 0 Å². The molecule has 2 aliphatic heterocycles. The Bertz CT molecular complexity index is 522. The molecule has 2 heterocycles. The van der Waals surface area contributed by atoms with Gasteiger partial charge in [0, 0.05) is 39.0 Å². The molecule has 2 aliphatic rings. The Morgan fingerprint density at radius 1 is 1.24 bits per heavy atom. The van der Waals surface area contributed by atoms with Crippen molar-refractivity contribution in [1.29, 1.82) is 0 Å². The quantitative estimate of drug-likeness (QED) is 0.837. The molecule has 5 nitrogen and oxygen atoms in total. The summed E-state index contributed by atoms with van der Waals surface area (Å²) >= 11 is 0. The molecule has 0 saturated carbocycles. The molecule has 1 amide bonds. The van der Waals surface area contributed by atoms with Crippen molar-refractivity contribution < 1.29 is 19.1 Å². The maximum atomic E-state index is 12.3. The Balaban J connectivity index is 1.67. The van der Waals surface area contributed by atoms with E-state index in [9.17, 15) is 9.59 Å². The third-order valence-corrected chi connectivity index (χ3v) is 4.34. The number of nitrogens with zero attached hydrogens (tertiary/aromatic N) is 1. The van der Waals surface area contributed by atoms with E-state index in [1.165, 1.54) is 0 Å². The SMILES string of the molecule is O=C(OCc1ccccc1)N1CCC(=O)C12CCOCC2. The highest BCUT2D eigenvalue weighted by Gasteiger charge is 2.51. The van der Waals surface area contributed by atoms with Crippen LogP contribution in [-0.2, 0) is 20.9 Å². The summed E-state index contributed by atoms with van der Waals surface area (Å²) in [6.07, 6.45) is 1.17. The van der Waals surface area contributed by atoms with Gasteiger partial charge < -0.3 is 9.47 Å². The molecule has 1 aromatic carbocycles. The Morgan fingerprint density at radius 2 is 1.95 bits per heavy atom. The van der Waals surface area contributed by atoms with Gasteiger partial charge in [-0.15, -0.1) is 0 Å². The van der Waals surface area contributed by atoms with Gasteiger partial charge in [0.15, 0.2) is 5.78 Å². The number of hydrogen-bond donors (Lipinski definition) is 0. The van der Waals surface area contributed by atoms with Crippen LogP contribution < -0.4 is 0 Å². The zero-order chi connectivity index (χ0) is 14.7. The van der Waals surface area contributed by atoms with Crippen molar-refractivity contribution in [2.75, 3.05) is 19.8 Å². The molecule has 0 radical (unpaired) electrons. The van der Waals surface area contributed by atoms with Gasteiger partial charge in [-0.05, 0) is 5.56 Å². The molecule has 112 valence electrons. The number of Topliss-reactive ketones (excluding diaryl/α,β-unsaturated/α-hetero) is 1. The van der Waals surface area contributed by atoms with Crippen molar-refractivity contribution in [2.24, 2.45) is 0 Å². The standard InChI is InChI=1S/C16H19NO4/c18-14-6-9-17(16(14)7-10-20-11-8-16)15(19)21-12-13-4-2-1-3-5-13/h1-5H,6-12H2. The van der Waals surface area contributed by atoms with Gasteiger partial charge in [-0.3, -0.25) is 9.69 Å². The van der Waals surface area contributed by atoms with Crippen LogP contribution in [0.3, 0.4) is 0 Å². The van der Waals surface area contributed by atoms with Crippen LogP contribution in [0.4, 0.5) is 4.79 Å². The van der Waals surface area contributed by atoms with E-state index in [2.05, 4.69) is 0 Å². The summed E-state index contributed by atoms with van der Waals surface area (Å²) in [5.41, 5.74) is 0.254. The van der Waals surface area contributed by atoms with Gasteiger partial charge in [-0.25, -0.2) is 4.79 Å². The molecule has 0 aliphatic carbocycles. The number of carbonyl (C=O) groups is 2. The first-order valence-electron chi connectivity index (χ1n) is 7.32. The predicted molar refractivity (Wildman–Crippen MR) is 75.7 cm³/mol. The Hall–Kier alpha value is -1.88. The normalized spacial score (nSPS) is 20.8. The maximum Gasteiger partial charge on any atom is 0.410 e. The Kier molecular flexibility index (Phi) is 3.92. The smallest absolute Gasteiger partial charge is 0.410 e. The maximum absolute atomic E-state index is 12.3. The second kappa shape index (κ2) is 5.85. The van der Waals surface area contributed by atoms with Gasteiger partial charge in [-0.2, -0.15) is 0 Å². The first-order chi connectivity index (χ1) is 10.2. The Labute approximate surface area is 123 Å². The highest BCUT2D eigenvalue weighted by atomic mass is 16.6. The number of hydrogen-bond acceptors (Lipinski definition) is 4. The van der Waals surface area contributed by atoms with Crippen molar-refractivity contribution >= 4 is 11.9 Å². The van der Waals surface area contributed by atoms with Gasteiger partial charge >= 0.3 is 6.09 Å². The average Bonchev–Trinajstić information content (AvgIpc) is 2.83. The fraction of sp³-hybridized carbons (Fsp3) is 0.500. The predicted octanol–water partition coefficient (Wildman–Crippen LogP) is 2.15. The summed E-state index contributed by atoms with van der Waals surface area (Å²) in [7, 11) is 0. The number of rotatable bonds is 2. The zero-order valence-electron chi connectivity index (χ0n) is 11.9. The fourth-order valence-corrected chi connectivity index (χ4v) is 3.13. The van der Waals surface area contributed by atoms with E-state index in [1.807, 2.05) is 30.3 Å². The van der Waals surface area contributed by atoms with Crippen LogP contribution in [0.5, 0.6) is 0 Å². The lowest BCUT2D eigenvalue weighted by Crippen LogP contribution is -2.54. The minimum Gasteiger partial charge on any atom is -0.445 e. The molecule has 0 atom stereocenters. The molecule has 3 rings (SSSR count).